The average molecular weight is 648 g/mol. The summed E-state index contributed by atoms with van der Waals surface area (Å²) in [4.78, 5) is 30.3. The molecule has 1 aliphatic rings. The van der Waals surface area contributed by atoms with Gasteiger partial charge in [0.05, 0.1) is 19.2 Å². The SMILES string of the molecule is CCCOCCCCCCOc1cc2nccc(Oc3ccc(NC(=O)C4(C(=O)Nc5ccc(F)cc5)CC4)cc3F)c2cc1OC. The summed E-state index contributed by atoms with van der Waals surface area (Å²) < 4.78 is 51.5. The van der Waals surface area contributed by atoms with Crippen LogP contribution in [-0.2, 0) is 14.3 Å². The molecule has 1 saturated carbocycles. The maximum absolute atomic E-state index is 15.2. The molecule has 248 valence electrons. The average Bonchev–Trinajstić information content (AvgIpc) is 3.89. The molecule has 1 aliphatic carbocycles. The number of ether oxygens (including phenoxy) is 4. The Bertz CT molecular complexity index is 1690. The standard InChI is InChI=1S/C36H39F2N3O6/c1-3-18-45-19-6-4-5-7-20-46-33-23-29-27(22-32(33)44-2)30(14-17-39-29)47-31-13-12-26(21-28(31)38)41-35(43)36(15-16-36)34(42)40-25-10-8-24(37)9-11-25/h8-14,17,21-23H,3-7,15-16,18-20H2,1-2H3,(H,40,42)(H,41,43). The number of benzene rings is 3. The first-order chi connectivity index (χ1) is 22.8. The van der Waals surface area contributed by atoms with Crippen LogP contribution in [0, 0.1) is 17.0 Å². The summed E-state index contributed by atoms with van der Waals surface area (Å²) in [6.07, 6.45) is 7.31. The van der Waals surface area contributed by atoms with Gasteiger partial charge in [-0.2, -0.15) is 0 Å². The molecule has 0 saturated heterocycles. The highest BCUT2D eigenvalue weighted by molar-refractivity contribution is 6.16. The molecule has 0 atom stereocenters. The van der Waals surface area contributed by atoms with E-state index >= 15 is 4.39 Å². The van der Waals surface area contributed by atoms with E-state index in [-0.39, 0.29) is 11.4 Å². The Morgan fingerprint density at radius 3 is 2.17 bits per heavy atom. The van der Waals surface area contributed by atoms with Crippen molar-refractivity contribution < 1.29 is 37.3 Å². The lowest BCUT2D eigenvalue weighted by atomic mass is 10.0. The van der Waals surface area contributed by atoms with Crippen molar-refractivity contribution in [2.75, 3.05) is 37.6 Å². The van der Waals surface area contributed by atoms with Crippen LogP contribution in [0.5, 0.6) is 23.0 Å². The van der Waals surface area contributed by atoms with Gasteiger partial charge in [-0.3, -0.25) is 14.6 Å². The van der Waals surface area contributed by atoms with E-state index in [0.717, 1.165) is 51.4 Å². The molecule has 0 radical (unpaired) electrons. The molecule has 2 amide bonds. The second-order valence-electron chi connectivity index (χ2n) is 11.4. The molecule has 0 unspecified atom stereocenters. The Hall–Kier alpha value is -4.77. The van der Waals surface area contributed by atoms with Gasteiger partial charge >= 0.3 is 0 Å². The van der Waals surface area contributed by atoms with E-state index < -0.39 is 28.9 Å². The summed E-state index contributed by atoms with van der Waals surface area (Å²) in [5.41, 5.74) is -0.137. The van der Waals surface area contributed by atoms with Gasteiger partial charge in [-0.25, -0.2) is 8.78 Å². The number of pyridine rings is 1. The second-order valence-corrected chi connectivity index (χ2v) is 11.4. The van der Waals surface area contributed by atoms with Crippen LogP contribution in [0.25, 0.3) is 10.9 Å². The summed E-state index contributed by atoms with van der Waals surface area (Å²) in [5.74, 6) is -0.848. The van der Waals surface area contributed by atoms with Crippen molar-refractivity contribution in [1.82, 2.24) is 4.98 Å². The van der Waals surface area contributed by atoms with Crippen molar-refractivity contribution in [1.29, 1.82) is 0 Å². The van der Waals surface area contributed by atoms with Crippen LogP contribution in [0.4, 0.5) is 20.2 Å². The molecule has 0 bridgehead atoms. The molecule has 47 heavy (non-hydrogen) atoms. The van der Waals surface area contributed by atoms with Crippen molar-refractivity contribution >= 4 is 34.1 Å². The van der Waals surface area contributed by atoms with Gasteiger partial charge in [0.15, 0.2) is 23.1 Å². The van der Waals surface area contributed by atoms with E-state index in [2.05, 4.69) is 22.5 Å². The highest BCUT2D eigenvalue weighted by atomic mass is 19.1. The number of carbonyl (C=O) groups excluding carboxylic acids is 2. The number of aromatic nitrogens is 1. The number of anilines is 2. The predicted octanol–water partition coefficient (Wildman–Crippen LogP) is 8.04. The van der Waals surface area contributed by atoms with Gasteiger partial charge in [-0.1, -0.05) is 13.3 Å². The molecular weight excluding hydrogens is 608 g/mol. The first-order valence-electron chi connectivity index (χ1n) is 15.9. The third-order valence-corrected chi connectivity index (χ3v) is 7.91. The number of nitrogens with one attached hydrogen (secondary N) is 2. The summed E-state index contributed by atoms with van der Waals surface area (Å²) in [5, 5.41) is 5.89. The van der Waals surface area contributed by atoms with Gasteiger partial charge in [0.25, 0.3) is 0 Å². The van der Waals surface area contributed by atoms with Crippen LogP contribution in [0.3, 0.4) is 0 Å². The summed E-state index contributed by atoms with van der Waals surface area (Å²) >= 11 is 0. The third-order valence-electron chi connectivity index (χ3n) is 7.91. The fourth-order valence-electron chi connectivity index (χ4n) is 5.07. The minimum Gasteiger partial charge on any atom is -0.493 e. The van der Waals surface area contributed by atoms with Crippen molar-refractivity contribution in [3.05, 3.63) is 78.5 Å². The molecule has 0 aliphatic heterocycles. The second kappa shape index (κ2) is 15.7. The van der Waals surface area contributed by atoms with E-state index in [4.69, 9.17) is 18.9 Å². The maximum atomic E-state index is 15.2. The number of amides is 2. The topological polar surface area (TPSA) is 108 Å². The fraction of sp³-hybridized carbons (Fsp3) is 0.361. The van der Waals surface area contributed by atoms with Gasteiger partial charge in [0.2, 0.25) is 11.8 Å². The summed E-state index contributed by atoms with van der Waals surface area (Å²) in [6, 6.07) is 14.4. The molecule has 1 fully saturated rings. The van der Waals surface area contributed by atoms with Gasteiger partial charge in [0.1, 0.15) is 17.0 Å². The molecule has 0 spiro atoms. The molecule has 2 N–H and O–H groups in total. The molecule has 11 heteroatoms. The number of carbonyl (C=O) groups is 2. The molecule has 1 heterocycles. The van der Waals surface area contributed by atoms with Crippen LogP contribution < -0.4 is 24.8 Å². The maximum Gasteiger partial charge on any atom is 0.240 e. The molecule has 1 aromatic heterocycles. The Balaban J connectivity index is 1.20. The van der Waals surface area contributed by atoms with E-state index in [1.54, 1.807) is 31.5 Å². The number of hydrogen-bond acceptors (Lipinski definition) is 7. The molecule has 4 aromatic rings. The number of unbranched alkanes of at least 4 members (excludes halogenated alkanes) is 3. The van der Waals surface area contributed by atoms with E-state index in [1.807, 2.05) is 0 Å². The monoisotopic (exact) mass is 647 g/mol. The van der Waals surface area contributed by atoms with Crippen LogP contribution >= 0.6 is 0 Å². The third kappa shape index (κ3) is 8.53. The lowest BCUT2D eigenvalue weighted by molar-refractivity contribution is -0.131. The Labute approximate surface area is 272 Å². The molecular formula is C36H39F2N3O6. The number of rotatable bonds is 17. The smallest absolute Gasteiger partial charge is 0.240 e. The Morgan fingerprint density at radius 2 is 1.49 bits per heavy atom. The first kappa shape index (κ1) is 33.6. The molecule has 9 nitrogen and oxygen atoms in total. The van der Waals surface area contributed by atoms with Crippen LogP contribution in [0.2, 0.25) is 0 Å². The van der Waals surface area contributed by atoms with Crippen LogP contribution in [0.15, 0.2) is 66.9 Å². The zero-order valence-corrected chi connectivity index (χ0v) is 26.6. The zero-order chi connectivity index (χ0) is 33.2. The lowest BCUT2D eigenvalue weighted by Crippen LogP contribution is -2.35. The predicted molar refractivity (Wildman–Crippen MR) is 175 cm³/mol. The van der Waals surface area contributed by atoms with Gasteiger partial charge in [-0.15, -0.1) is 0 Å². The zero-order valence-electron chi connectivity index (χ0n) is 26.6. The number of nitrogens with zero attached hydrogens (tertiary/aromatic N) is 1. The molecule has 3 aromatic carbocycles. The van der Waals surface area contributed by atoms with Crippen molar-refractivity contribution in [2.24, 2.45) is 5.41 Å². The molecule has 5 rings (SSSR count). The number of hydrogen-bond donors (Lipinski definition) is 2. The first-order valence-corrected chi connectivity index (χ1v) is 15.9. The van der Waals surface area contributed by atoms with Crippen molar-refractivity contribution in [2.45, 2.75) is 51.9 Å². The highest BCUT2D eigenvalue weighted by Crippen LogP contribution is 2.47. The largest absolute Gasteiger partial charge is 0.493 e. The number of fused-ring (bicyclic) bond motifs is 1. The van der Waals surface area contributed by atoms with E-state index in [9.17, 15) is 14.0 Å². The van der Waals surface area contributed by atoms with E-state index in [1.165, 1.54) is 36.4 Å². The van der Waals surface area contributed by atoms with Gasteiger partial charge < -0.3 is 29.6 Å². The van der Waals surface area contributed by atoms with Crippen LogP contribution in [0.1, 0.15) is 51.9 Å². The minimum atomic E-state index is -1.28. The number of methoxy groups -OCH3 is 1. The van der Waals surface area contributed by atoms with Crippen molar-refractivity contribution in [3.8, 4) is 23.0 Å². The summed E-state index contributed by atoms with van der Waals surface area (Å²) in [6.45, 7) is 4.22. The normalized spacial score (nSPS) is 13.2. The summed E-state index contributed by atoms with van der Waals surface area (Å²) in [7, 11) is 1.55. The minimum absolute atomic E-state index is 0.0647. The van der Waals surface area contributed by atoms with E-state index in [0.29, 0.717) is 53.3 Å². The highest BCUT2D eigenvalue weighted by Gasteiger charge is 2.56. The van der Waals surface area contributed by atoms with Gasteiger partial charge in [0, 0.05) is 48.3 Å². The fourth-order valence-corrected chi connectivity index (χ4v) is 5.07. The quantitative estimate of drug-likeness (QED) is 0.0882. The van der Waals surface area contributed by atoms with Gasteiger partial charge in [-0.05, 0) is 87.1 Å². The number of halogens is 2. The van der Waals surface area contributed by atoms with Crippen LogP contribution in [-0.4, -0.2) is 43.7 Å². The van der Waals surface area contributed by atoms with Crippen molar-refractivity contribution in [3.63, 3.8) is 0 Å². The lowest BCUT2D eigenvalue weighted by Gasteiger charge is -2.16. The Kier molecular flexibility index (Phi) is 11.2. The Morgan fingerprint density at radius 1 is 0.787 bits per heavy atom.